The van der Waals surface area contributed by atoms with E-state index in [4.69, 9.17) is 0 Å². The second-order valence-corrected chi connectivity index (χ2v) is 5.39. The molecule has 0 bridgehead atoms. The van der Waals surface area contributed by atoms with Gasteiger partial charge in [-0.15, -0.1) is 0 Å². The molecule has 0 saturated heterocycles. The van der Waals surface area contributed by atoms with Crippen molar-refractivity contribution >= 4 is 39.6 Å². The Morgan fingerprint density at radius 1 is 1.33 bits per heavy atom. The summed E-state index contributed by atoms with van der Waals surface area (Å²) in [7, 11) is 0. The van der Waals surface area contributed by atoms with E-state index < -0.39 is 0 Å². The van der Waals surface area contributed by atoms with Crippen molar-refractivity contribution in [3.63, 3.8) is 0 Å². The molecule has 0 aliphatic rings. The normalized spacial score (nSPS) is 10.3. The van der Waals surface area contributed by atoms with E-state index >= 15 is 0 Å². The van der Waals surface area contributed by atoms with Crippen molar-refractivity contribution in [3.8, 4) is 0 Å². The molecule has 0 spiro atoms. The van der Waals surface area contributed by atoms with Crippen molar-refractivity contribution in [1.29, 1.82) is 0 Å². The van der Waals surface area contributed by atoms with Crippen LogP contribution in [0.1, 0.15) is 11.1 Å². The van der Waals surface area contributed by atoms with E-state index in [1.54, 1.807) is 11.3 Å². The molecule has 1 aromatic heterocycles. The molecule has 0 radical (unpaired) electrons. The van der Waals surface area contributed by atoms with Crippen LogP contribution in [0.3, 0.4) is 0 Å². The van der Waals surface area contributed by atoms with Crippen molar-refractivity contribution in [1.82, 2.24) is 0 Å². The lowest BCUT2D eigenvalue weighted by Gasteiger charge is -2.06. The minimum absolute atomic E-state index is 0.905. The summed E-state index contributed by atoms with van der Waals surface area (Å²) < 4.78 is 1.31. The molecule has 2 aromatic rings. The first-order valence-electron chi connectivity index (χ1n) is 4.77. The first-order chi connectivity index (χ1) is 7.25. The molecule has 1 nitrogen and oxygen atoms in total. The Labute approximate surface area is 108 Å². The van der Waals surface area contributed by atoms with Gasteiger partial charge in [-0.3, -0.25) is 0 Å². The number of nitrogens with one attached hydrogen (secondary N) is 1. The molecule has 78 valence electrons. The fourth-order valence-corrected chi connectivity index (χ4v) is 2.48. The number of anilines is 1. The quantitative estimate of drug-likeness (QED) is 0.829. The second kappa shape index (κ2) is 4.99. The first-order valence-corrected chi connectivity index (χ1v) is 6.79. The lowest BCUT2D eigenvalue weighted by molar-refractivity contribution is 1.16. The molecule has 2 rings (SSSR count). The number of thiophene rings is 1. The molecule has 0 amide bonds. The maximum Gasteiger partial charge on any atom is 0.0409 e. The highest BCUT2D eigenvalue weighted by Gasteiger charge is 1.97. The van der Waals surface area contributed by atoms with Crippen LogP contribution in [0.2, 0.25) is 0 Å². The van der Waals surface area contributed by atoms with Crippen LogP contribution >= 0.6 is 33.9 Å². The molecule has 0 aliphatic heterocycles. The highest BCUT2D eigenvalue weighted by Crippen LogP contribution is 2.18. The summed E-state index contributed by atoms with van der Waals surface area (Å²) in [5.41, 5.74) is 3.86. The summed E-state index contributed by atoms with van der Waals surface area (Å²) in [6.45, 7) is 3.03. The Kier molecular flexibility index (Phi) is 3.64. The van der Waals surface area contributed by atoms with Crippen LogP contribution in [-0.4, -0.2) is 0 Å². The van der Waals surface area contributed by atoms with Crippen LogP contribution in [0.4, 0.5) is 5.69 Å². The topological polar surface area (TPSA) is 12.0 Å². The molecule has 0 unspecified atom stereocenters. The predicted octanol–water partition coefficient (Wildman–Crippen LogP) is 4.27. The van der Waals surface area contributed by atoms with Crippen molar-refractivity contribution in [2.24, 2.45) is 0 Å². The standard InChI is InChI=1S/C12H12INS/c1-9-2-3-11(6-12(9)13)14-7-10-4-5-15-8-10/h2-6,8,14H,7H2,1H3. The third-order valence-electron chi connectivity index (χ3n) is 2.25. The highest BCUT2D eigenvalue weighted by atomic mass is 127. The van der Waals surface area contributed by atoms with Gasteiger partial charge in [0.05, 0.1) is 0 Å². The van der Waals surface area contributed by atoms with Crippen LogP contribution in [0.5, 0.6) is 0 Å². The lowest BCUT2D eigenvalue weighted by atomic mass is 10.2. The summed E-state index contributed by atoms with van der Waals surface area (Å²) in [5.74, 6) is 0. The fraction of sp³-hybridized carbons (Fsp3) is 0.167. The van der Waals surface area contributed by atoms with Gasteiger partial charge in [0.2, 0.25) is 0 Å². The summed E-state index contributed by atoms with van der Waals surface area (Å²) in [4.78, 5) is 0. The lowest BCUT2D eigenvalue weighted by Crippen LogP contribution is -1.98. The van der Waals surface area contributed by atoms with E-state index in [0.29, 0.717) is 0 Å². The minimum atomic E-state index is 0.905. The molecule has 0 fully saturated rings. The Morgan fingerprint density at radius 2 is 2.20 bits per heavy atom. The molecule has 1 aromatic carbocycles. The van der Waals surface area contributed by atoms with Gasteiger partial charge in [0, 0.05) is 15.8 Å². The third-order valence-corrected chi connectivity index (χ3v) is 4.14. The van der Waals surface area contributed by atoms with Crippen LogP contribution in [0.15, 0.2) is 35.0 Å². The average Bonchev–Trinajstić information content (AvgIpc) is 2.73. The van der Waals surface area contributed by atoms with Gasteiger partial charge in [-0.25, -0.2) is 0 Å². The average molecular weight is 329 g/mol. The zero-order chi connectivity index (χ0) is 10.7. The molecule has 0 atom stereocenters. The van der Waals surface area contributed by atoms with E-state index in [-0.39, 0.29) is 0 Å². The number of hydrogen-bond acceptors (Lipinski definition) is 2. The van der Waals surface area contributed by atoms with E-state index in [1.807, 2.05) is 0 Å². The Hall–Kier alpha value is -0.550. The first kappa shape index (κ1) is 11.0. The van der Waals surface area contributed by atoms with Crippen molar-refractivity contribution < 1.29 is 0 Å². The van der Waals surface area contributed by atoms with Gasteiger partial charge in [0.25, 0.3) is 0 Å². The summed E-state index contributed by atoms with van der Waals surface area (Å²) in [6.07, 6.45) is 0. The zero-order valence-corrected chi connectivity index (χ0v) is 11.4. The molecular weight excluding hydrogens is 317 g/mol. The SMILES string of the molecule is Cc1ccc(NCc2ccsc2)cc1I. The highest BCUT2D eigenvalue weighted by molar-refractivity contribution is 14.1. The number of halogens is 1. The predicted molar refractivity (Wildman–Crippen MR) is 75.5 cm³/mol. The van der Waals surface area contributed by atoms with Crippen molar-refractivity contribution in [2.75, 3.05) is 5.32 Å². The fourth-order valence-electron chi connectivity index (χ4n) is 1.30. The van der Waals surface area contributed by atoms with Crippen LogP contribution in [-0.2, 0) is 6.54 Å². The van der Waals surface area contributed by atoms with Crippen LogP contribution in [0, 0.1) is 10.5 Å². The molecule has 1 N–H and O–H groups in total. The smallest absolute Gasteiger partial charge is 0.0409 e. The Bertz CT molecular complexity index is 437. The van der Waals surface area contributed by atoms with E-state index in [0.717, 1.165) is 6.54 Å². The van der Waals surface area contributed by atoms with Gasteiger partial charge in [-0.1, -0.05) is 6.07 Å². The van der Waals surface area contributed by atoms with E-state index in [2.05, 4.69) is 69.9 Å². The zero-order valence-electron chi connectivity index (χ0n) is 8.46. The summed E-state index contributed by atoms with van der Waals surface area (Å²) >= 11 is 4.10. The van der Waals surface area contributed by atoms with Gasteiger partial charge >= 0.3 is 0 Å². The third kappa shape index (κ3) is 2.95. The molecule has 3 heteroatoms. The summed E-state index contributed by atoms with van der Waals surface area (Å²) in [6, 6.07) is 8.61. The monoisotopic (exact) mass is 329 g/mol. The number of aryl methyl sites for hydroxylation is 1. The molecule has 0 aliphatic carbocycles. The van der Waals surface area contributed by atoms with Gasteiger partial charge in [0.15, 0.2) is 0 Å². The van der Waals surface area contributed by atoms with Gasteiger partial charge < -0.3 is 5.32 Å². The molecule has 1 heterocycles. The number of hydrogen-bond donors (Lipinski definition) is 1. The van der Waals surface area contributed by atoms with Crippen LogP contribution in [0.25, 0.3) is 0 Å². The van der Waals surface area contributed by atoms with E-state index in [1.165, 1.54) is 20.4 Å². The van der Waals surface area contributed by atoms with Gasteiger partial charge in [-0.2, -0.15) is 11.3 Å². The van der Waals surface area contributed by atoms with Gasteiger partial charge in [0.1, 0.15) is 0 Å². The number of rotatable bonds is 3. The maximum atomic E-state index is 3.42. The second-order valence-electron chi connectivity index (χ2n) is 3.45. The van der Waals surface area contributed by atoms with E-state index in [9.17, 15) is 0 Å². The molecule has 0 saturated carbocycles. The molecular formula is C12H12INS. The van der Waals surface area contributed by atoms with Crippen molar-refractivity contribution in [2.45, 2.75) is 13.5 Å². The largest absolute Gasteiger partial charge is 0.381 e. The molecule has 15 heavy (non-hydrogen) atoms. The van der Waals surface area contributed by atoms with Crippen LogP contribution < -0.4 is 5.32 Å². The van der Waals surface area contributed by atoms with Crippen molar-refractivity contribution in [3.05, 3.63) is 49.7 Å². The Morgan fingerprint density at radius 3 is 2.87 bits per heavy atom. The Balaban J connectivity index is 2.02. The number of benzene rings is 1. The summed E-state index contributed by atoms with van der Waals surface area (Å²) in [5, 5.41) is 7.70. The minimum Gasteiger partial charge on any atom is -0.381 e. The maximum absolute atomic E-state index is 3.42. The van der Waals surface area contributed by atoms with Gasteiger partial charge in [-0.05, 0) is 69.6 Å².